The largest absolute Gasteiger partial charge is 0.392 e. The van der Waals surface area contributed by atoms with Crippen LogP contribution in [0.4, 0.5) is 0 Å². The third-order valence-electron chi connectivity index (χ3n) is 6.81. The zero-order chi connectivity index (χ0) is 30.4. The van der Waals surface area contributed by atoms with Crippen molar-refractivity contribution in [2.75, 3.05) is 52.9 Å². The lowest BCUT2D eigenvalue weighted by Gasteiger charge is -2.29. The van der Waals surface area contributed by atoms with Crippen LogP contribution in [0.2, 0.25) is 0 Å². The lowest BCUT2D eigenvalue weighted by Crippen LogP contribution is -2.43. The van der Waals surface area contributed by atoms with E-state index in [1.165, 1.54) is 0 Å². The number of hydrogen-bond donors (Lipinski definition) is 4. The zero-order valence-corrected chi connectivity index (χ0v) is 26.7. The van der Waals surface area contributed by atoms with Crippen molar-refractivity contribution in [2.45, 2.75) is 96.9 Å². The van der Waals surface area contributed by atoms with Crippen LogP contribution in [-0.2, 0) is 0 Å². The summed E-state index contributed by atoms with van der Waals surface area (Å²) in [4.78, 5) is 4.48. The van der Waals surface area contributed by atoms with E-state index in [0.717, 1.165) is 84.0 Å². The Hall–Kier alpha value is -1.80. The minimum Gasteiger partial charge on any atom is -0.392 e. The number of rotatable bonds is 27. The summed E-state index contributed by atoms with van der Waals surface area (Å²) in [6.45, 7) is 11.1. The van der Waals surface area contributed by atoms with Crippen LogP contribution in [0.25, 0.3) is 0 Å². The highest BCUT2D eigenvalue weighted by Gasteiger charge is 2.16. The molecule has 41 heavy (non-hydrogen) atoms. The number of nitrogens with one attached hydrogen (secondary N) is 1. The monoisotopic (exact) mass is 573 g/mol. The number of aliphatic hydroxyl groups excluding tert-OH is 3. The number of allylic oxidation sites excluding steroid dienone is 12. The Labute approximate surface area is 252 Å². The first kappa shape index (κ1) is 39.2. The molecule has 236 valence electrons. The minimum atomic E-state index is -0.416. The molecule has 0 aromatic heterocycles. The van der Waals surface area contributed by atoms with E-state index in [9.17, 15) is 15.3 Å². The van der Waals surface area contributed by atoms with E-state index in [4.69, 9.17) is 0 Å². The Balaban J connectivity index is 4.52. The first-order chi connectivity index (χ1) is 19.9. The van der Waals surface area contributed by atoms with Gasteiger partial charge in [-0.1, -0.05) is 72.9 Å². The highest BCUT2D eigenvalue weighted by molar-refractivity contribution is 4.93. The highest BCUT2D eigenvalue weighted by atomic mass is 16.3. The highest BCUT2D eigenvalue weighted by Crippen LogP contribution is 2.07. The molecule has 0 fully saturated rings. The number of nitrogens with zero attached hydrogens (tertiary/aromatic N) is 2. The molecule has 0 radical (unpaired) electrons. The fourth-order valence-electron chi connectivity index (χ4n) is 4.25. The second kappa shape index (κ2) is 29.7. The van der Waals surface area contributed by atoms with Crippen molar-refractivity contribution in [3.63, 3.8) is 0 Å². The van der Waals surface area contributed by atoms with Gasteiger partial charge in [-0.15, -0.1) is 0 Å². The molecular weight excluding hydrogens is 510 g/mol. The molecule has 0 aliphatic rings. The van der Waals surface area contributed by atoms with Crippen molar-refractivity contribution in [3.8, 4) is 0 Å². The van der Waals surface area contributed by atoms with Crippen molar-refractivity contribution in [3.05, 3.63) is 72.9 Å². The maximum Gasteiger partial charge on any atom is 0.0670 e. The van der Waals surface area contributed by atoms with Crippen molar-refractivity contribution in [2.24, 2.45) is 0 Å². The second-order valence-electron chi connectivity index (χ2n) is 10.8. The maximum absolute atomic E-state index is 10.7. The molecule has 0 heterocycles. The van der Waals surface area contributed by atoms with E-state index >= 15 is 0 Å². The first-order valence-corrected chi connectivity index (χ1v) is 15.9. The van der Waals surface area contributed by atoms with Gasteiger partial charge in [0.2, 0.25) is 0 Å². The van der Waals surface area contributed by atoms with E-state index in [2.05, 4.69) is 76.8 Å². The van der Waals surface area contributed by atoms with Crippen LogP contribution in [0.15, 0.2) is 72.9 Å². The molecule has 0 bridgehead atoms. The van der Waals surface area contributed by atoms with Gasteiger partial charge >= 0.3 is 0 Å². The van der Waals surface area contributed by atoms with Crippen LogP contribution < -0.4 is 5.32 Å². The fourth-order valence-corrected chi connectivity index (χ4v) is 4.25. The van der Waals surface area contributed by atoms with Gasteiger partial charge in [0.05, 0.1) is 18.3 Å². The van der Waals surface area contributed by atoms with Crippen LogP contribution >= 0.6 is 0 Å². The zero-order valence-electron chi connectivity index (χ0n) is 26.7. The minimum absolute atomic E-state index is 0.332. The van der Waals surface area contributed by atoms with Crippen LogP contribution in [0.3, 0.4) is 0 Å². The van der Waals surface area contributed by atoms with Crippen molar-refractivity contribution in [1.29, 1.82) is 0 Å². The molecule has 0 aromatic carbocycles. The molecule has 0 saturated heterocycles. The smallest absolute Gasteiger partial charge is 0.0670 e. The molecule has 6 nitrogen and oxygen atoms in total. The Morgan fingerprint density at radius 2 is 1.00 bits per heavy atom. The summed E-state index contributed by atoms with van der Waals surface area (Å²) < 4.78 is 0. The normalized spacial score (nSPS) is 15.4. The van der Waals surface area contributed by atoms with Crippen molar-refractivity contribution >= 4 is 0 Å². The topological polar surface area (TPSA) is 79.2 Å². The third kappa shape index (κ3) is 28.1. The summed E-state index contributed by atoms with van der Waals surface area (Å²) in [5, 5.41) is 35.0. The molecule has 3 atom stereocenters. The molecule has 0 amide bonds. The number of likely N-dealkylation sites (N-methyl/N-ethyl adjacent to an activating group) is 1. The number of hydrogen-bond acceptors (Lipinski definition) is 6. The van der Waals surface area contributed by atoms with Crippen molar-refractivity contribution in [1.82, 2.24) is 15.1 Å². The summed E-state index contributed by atoms with van der Waals surface area (Å²) in [7, 11) is 2.10. The van der Waals surface area contributed by atoms with Crippen LogP contribution in [-0.4, -0.2) is 96.3 Å². The van der Waals surface area contributed by atoms with Gasteiger partial charge in [-0.05, 0) is 85.6 Å². The van der Waals surface area contributed by atoms with E-state index in [1.807, 2.05) is 39.0 Å². The number of aliphatic hydroxyl groups is 3. The molecule has 0 aromatic rings. The Kier molecular flexibility index (Phi) is 28.4. The first-order valence-electron chi connectivity index (χ1n) is 15.9. The maximum atomic E-state index is 10.7. The average molecular weight is 574 g/mol. The predicted molar refractivity (Wildman–Crippen MR) is 178 cm³/mol. The molecule has 0 spiro atoms. The van der Waals surface area contributed by atoms with Gasteiger partial charge in [0.15, 0.2) is 0 Å². The van der Waals surface area contributed by atoms with Gasteiger partial charge in [-0.25, -0.2) is 0 Å². The molecule has 0 rings (SSSR count). The van der Waals surface area contributed by atoms with Gasteiger partial charge in [0.1, 0.15) is 0 Å². The second-order valence-corrected chi connectivity index (χ2v) is 10.8. The summed E-state index contributed by atoms with van der Waals surface area (Å²) >= 11 is 0. The van der Waals surface area contributed by atoms with Gasteiger partial charge in [-0.2, -0.15) is 0 Å². The Morgan fingerprint density at radius 3 is 1.44 bits per heavy atom. The summed E-state index contributed by atoms with van der Waals surface area (Å²) in [6, 6.07) is 0. The van der Waals surface area contributed by atoms with Gasteiger partial charge < -0.3 is 25.5 Å². The summed E-state index contributed by atoms with van der Waals surface area (Å²) in [5.74, 6) is 0. The lowest BCUT2D eigenvalue weighted by molar-refractivity contribution is 0.0590. The SMILES string of the molecule is C/C=C\C/C=C\CCC(O)CNCCN(C)CCN(CC(O)CC/C=C\C/C=C\C)CC(O)CC/C=C\C/C=C\C. The molecule has 4 N–H and O–H groups in total. The average Bonchev–Trinajstić information content (AvgIpc) is 2.95. The molecule has 0 aliphatic carbocycles. The molecule has 3 unspecified atom stereocenters. The van der Waals surface area contributed by atoms with Crippen molar-refractivity contribution < 1.29 is 15.3 Å². The van der Waals surface area contributed by atoms with Gasteiger partial charge in [-0.3, -0.25) is 4.90 Å². The van der Waals surface area contributed by atoms with E-state index in [0.29, 0.717) is 19.6 Å². The molecule has 6 heteroatoms. The van der Waals surface area contributed by atoms with E-state index < -0.39 is 12.2 Å². The Bertz CT molecular complexity index is 709. The summed E-state index contributed by atoms with van der Waals surface area (Å²) in [6.07, 6.45) is 31.8. The Morgan fingerprint density at radius 1 is 0.561 bits per heavy atom. The molecular formula is C35H63N3O3. The van der Waals surface area contributed by atoms with Crippen LogP contribution in [0, 0.1) is 0 Å². The van der Waals surface area contributed by atoms with Crippen LogP contribution in [0.5, 0.6) is 0 Å². The van der Waals surface area contributed by atoms with E-state index in [-0.39, 0.29) is 6.10 Å². The quantitative estimate of drug-likeness (QED) is 0.0735. The molecule has 0 saturated carbocycles. The van der Waals surface area contributed by atoms with Gasteiger partial charge in [0, 0.05) is 45.8 Å². The fraction of sp³-hybridized carbons (Fsp3) is 0.657. The molecule has 0 aliphatic heterocycles. The van der Waals surface area contributed by atoms with E-state index in [1.54, 1.807) is 0 Å². The lowest BCUT2D eigenvalue weighted by atomic mass is 10.1. The third-order valence-corrected chi connectivity index (χ3v) is 6.81. The van der Waals surface area contributed by atoms with Gasteiger partial charge in [0.25, 0.3) is 0 Å². The standard InChI is InChI=1S/C35H63N3O3/c1-5-8-11-14-17-20-23-33(39)30-36-26-27-37(4)28-29-38(31-34(40)24-21-18-15-12-9-6-2)32-35(41)25-22-19-16-13-10-7-3/h5-10,14-19,33-36,39-41H,11-13,20-32H2,1-4H3/b8-5-,9-6-,10-7-,17-14-,18-15-,19-16-. The summed E-state index contributed by atoms with van der Waals surface area (Å²) in [5.41, 5.74) is 0. The predicted octanol–water partition coefficient (Wildman–Crippen LogP) is 5.80. The van der Waals surface area contributed by atoms with Crippen LogP contribution in [0.1, 0.15) is 78.6 Å².